The molecule has 1 unspecified atom stereocenters. The molecule has 3 nitrogen and oxygen atoms in total. The second-order valence-electron chi connectivity index (χ2n) is 7.74. The lowest BCUT2D eigenvalue weighted by atomic mass is 9.84. The molecule has 0 radical (unpaired) electrons. The third kappa shape index (κ3) is 7.81. The Kier molecular flexibility index (Phi) is 11.7. The number of allylic oxidation sites excluding steroid dienone is 2. The van der Waals surface area contributed by atoms with Crippen LogP contribution in [0.25, 0.3) is 0 Å². The minimum absolute atomic E-state index is 0.291. The zero-order valence-electron chi connectivity index (χ0n) is 18.7. The molecule has 30 heavy (non-hydrogen) atoms. The summed E-state index contributed by atoms with van der Waals surface area (Å²) in [5, 5.41) is 1.70. The van der Waals surface area contributed by atoms with Gasteiger partial charge in [-0.1, -0.05) is 65.7 Å². The lowest BCUT2D eigenvalue weighted by Gasteiger charge is -2.25. The fraction of sp³-hybridized carbons (Fsp3) is 0.560. The number of hydrogen-bond acceptors (Lipinski definition) is 4. The first-order valence-electron chi connectivity index (χ1n) is 11.1. The highest BCUT2D eigenvalue weighted by Gasteiger charge is 2.24. The molecule has 0 heterocycles. The third-order valence-electron chi connectivity index (χ3n) is 5.27. The van der Waals surface area contributed by atoms with E-state index in [0.717, 1.165) is 47.4 Å². The van der Waals surface area contributed by atoms with Crippen molar-refractivity contribution in [2.45, 2.75) is 71.1 Å². The van der Waals surface area contributed by atoms with E-state index in [1.807, 2.05) is 0 Å². The molecule has 0 fully saturated rings. The number of alkyl halides is 1. The van der Waals surface area contributed by atoms with Gasteiger partial charge < -0.3 is 9.47 Å². The number of aryl methyl sites for hydroxylation is 1. The number of thioether (sulfide) groups is 1. The Morgan fingerprint density at radius 2 is 2.10 bits per heavy atom. The molecule has 0 amide bonds. The SMILES string of the molecule is C=COc1cc(CCCCC)cc(O/C(=N\C)SCCCBr)c1C1C=C(C)CCC1. The molecule has 1 atom stereocenters. The smallest absolute Gasteiger partial charge is 0.251 e. The molecule has 0 spiro atoms. The number of nitrogens with zero attached hydrogens (tertiary/aromatic N) is 1. The molecule has 0 bridgehead atoms. The van der Waals surface area contributed by atoms with Crippen LogP contribution in [0.5, 0.6) is 11.5 Å². The molecular formula is C25H36BrNO2S. The molecule has 0 aromatic heterocycles. The van der Waals surface area contributed by atoms with Crippen LogP contribution in [0.2, 0.25) is 0 Å². The van der Waals surface area contributed by atoms with Crippen molar-refractivity contribution in [2.24, 2.45) is 4.99 Å². The van der Waals surface area contributed by atoms with Gasteiger partial charge in [0.25, 0.3) is 5.23 Å². The average Bonchev–Trinajstić information content (AvgIpc) is 2.73. The van der Waals surface area contributed by atoms with E-state index >= 15 is 0 Å². The summed E-state index contributed by atoms with van der Waals surface area (Å²) in [5.74, 6) is 3.01. The lowest BCUT2D eigenvalue weighted by molar-refractivity contribution is 0.457. The van der Waals surface area contributed by atoms with E-state index < -0.39 is 0 Å². The van der Waals surface area contributed by atoms with Crippen LogP contribution < -0.4 is 9.47 Å². The largest absolute Gasteiger partial charge is 0.465 e. The predicted octanol–water partition coefficient (Wildman–Crippen LogP) is 8.04. The maximum Gasteiger partial charge on any atom is 0.251 e. The standard InChI is InChI=1S/C25H36BrNO2S/c1-5-7-8-12-20-17-22(28-6-2)24(21-13-9-11-19(3)16-21)23(18-20)29-25(27-4)30-15-10-14-26/h6,16-18,21H,2,5,7-15H2,1,3-4H3/b27-25+. The minimum Gasteiger partial charge on any atom is -0.465 e. The Bertz CT molecular complexity index is 745. The van der Waals surface area contributed by atoms with Gasteiger partial charge in [0.05, 0.1) is 6.26 Å². The molecule has 0 aliphatic heterocycles. The number of unbranched alkanes of at least 4 members (excludes halogenated alkanes) is 2. The topological polar surface area (TPSA) is 30.8 Å². The van der Waals surface area contributed by atoms with Gasteiger partial charge in [-0.2, -0.15) is 0 Å². The van der Waals surface area contributed by atoms with Gasteiger partial charge in [-0.25, -0.2) is 4.99 Å². The summed E-state index contributed by atoms with van der Waals surface area (Å²) >= 11 is 5.16. The van der Waals surface area contributed by atoms with Crippen LogP contribution in [0.4, 0.5) is 0 Å². The maximum absolute atomic E-state index is 6.42. The van der Waals surface area contributed by atoms with E-state index in [1.165, 1.54) is 49.5 Å². The molecule has 2 rings (SSSR count). The summed E-state index contributed by atoms with van der Waals surface area (Å²) in [6.07, 6.45) is 13.1. The Labute approximate surface area is 195 Å². The zero-order valence-corrected chi connectivity index (χ0v) is 21.1. The van der Waals surface area contributed by atoms with Gasteiger partial charge in [-0.3, -0.25) is 0 Å². The van der Waals surface area contributed by atoms with Crippen molar-refractivity contribution in [1.29, 1.82) is 0 Å². The normalized spacial score (nSPS) is 16.9. The summed E-state index contributed by atoms with van der Waals surface area (Å²) in [6.45, 7) is 8.26. The number of ether oxygens (including phenoxy) is 2. The van der Waals surface area contributed by atoms with Crippen LogP contribution in [0, 0.1) is 0 Å². The van der Waals surface area contributed by atoms with Crippen LogP contribution >= 0.6 is 27.7 Å². The van der Waals surface area contributed by atoms with E-state index in [2.05, 4.69) is 59.6 Å². The molecule has 1 aliphatic carbocycles. The molecule has 1 aromatic carbocycles. The lowest BCUT2D eigenvalue weighted by Crippen LogP contribution is -2.11. The van der Waals surface area contributed by atoms with E-state index in [-0.39, 0.29) is 0 Å². The minimum atomic E-state index is 0.291. The van der Waals surface area contributed by atoms with Crippen molar-refractivity contribution >= 4 is 32.9 Å². The number of halogens is 1. The molecule has 0 saturated carbocycles. The van der Waals surface area contributed by atoms with Crippen LogP contribution in [0.15, 0.2) is 41.6 Å². The molecule has 0 saturated heterocycles. The fourth-order valence-corrected chi connectivity index (χ4v) is 5.19. The summed E-state index contributed by atoms with van der Waals surface area (Å²) in [4.78, 5) is 4.40. The monoisotopic (exact) mass is 493 g/mol. The van der Waals surface area contributed by atoms with Crippen molar-refractivity contribution in [3.05, 3.63) is 47.7 Å². The quantitative estimate of drug-likeness (QED) is 0.0779. The predicted molar refractivity (Wildman–Crippen MR) is 136 cm³/mol. The average molecular weight is 495 g/mol. The second-order valence-corrected chi connectivity index (χ2v) is 9.58. The van der Waals surface area contributed by atoms with E-state index in [0.29, 0.717) is 11.1 Å². The first kappa shape index (κ1) is 25.1. The Morgan fingerprint density at radius 3 is 2.77 bits per heavy atom. The molecule has 166 valence electrons. The zero-order chi connectivity index (χ0) is 21.8. The van der Waals surface area contributed by atoms with E-state index in [4.69, 9.17) is 9.47 Å². The van der Waals surface area contributed by atoms with Crippen molar-refractivity contribution in [3.63, 3.8) is 0 Å². The Morgan fingerprint density at radius 1 is 1.30 bits per heavy atom. The first-order chi connectivity index (χ1) is 14.6. The van der Waals surface area contributed by atoms with Crippen LogP contribution in [-0.4, -0.2) is 23.4 Å². The highest BCUT2D eigenvalue weighted by Crippen LogP contribution is 2.43. The van der Waals surface area contributed by atoms with Crippen molar-refractivity contribution in [1.82, 2.24) is 0 Å². The molecule has 0 N–H and O–H groups in total. The van der Waals surface area contributed by atoms with Gasteiger partial charge in [0.2, 0.25) is 0 Å². The molecule has 5 heteroatoms. The van der Waals surface area contributed by atoms with Gasteiger partial charge >= 0.3 is 0 Å². The van der Waals surface area contributed by atoms with E-state index in [9.17, 15) is 0 Å². The van der Waals surface area contributed by atoms with Crippen LogP contribution in [0.1, 0.15) is 75.8 Å². The summed E-state index contributed by atoms with van der Waals surface area (Å²) < 4.78 is 12.3. The molecule has 1 aliphatic rings. The van der Waals surface area contributed by atoms with Crippen molar-refractivity contribution in [3.8, 4) is 11.5 Å². The van der Waals surface area contributed by atoms with Gasteiger partial charge in [0.15, 0.2) is 0 Å². The summed E-state index contributed by atoms with van der Waals surface area (Å²) in [5.41, 5.74) is 3.80. The summed E-state index contributed by atoms with van der Waals surface area (Å²) in [7, 11) is 1.80. The van der Waals surface area contributed by atoms with Crippen molar-refractivity contribution in [2.75, 3.05) is 18.1 Å². The maximum atomic E-state index is 6.42. The second kappa shape index (κ2) is 14.0. The fourth-order valence-electron chi connectivity index (χ4n) is 3.80. The summed E-state index contributed by atoms with van der Waals surface area (Å²) in [6, 6.07) is 4.38. The molecule has 1 aromatic rings. The van der Waals surface area contributed by atoms with Gasteiger partial charge in [0, 0.05) is 29.6 Å². The van der Waals surface area contributed by atoms with Crippen molar-refractivity contribution < 1.29 is 9.47 Å². The van der Waals surface area contributed by atoms with Gasteiger partial charge in [-0.05, 0) is 63.1 Å². The highest BCUT2D eigenvalue weighted by molar-refractivity contribution is 9.09. The number of benzene rings is 1. The third-order valence-corrected chi connectivity index (χ3v) is 6.84. The van der Waals surface area contributed by atoms with E-state index in [1.54, 1.807) is 18.8 Å². The number of hydrogen-bond donors (Lipinski definition) is 0. The number of aliphatic imine (C=N–C) groups is 1. The Hall–Kier alpha value is -1.20. The van der Waals surface area contributed by atoms with Crippen LogP contribution in [0.3, 0.4) is 0 Å². The van der Waals surface area contributed by atoms with Gasteiger partial charge in [0.1, 0.15) is 11.5 Å². The van der Waals surface area contributed by atoms with Gasteiger partial charge in [-0.15, -0.1) is 0 Å². The first-order valence-corrected chi connectivity index (χ1v) is 13.2. The molecular weight excluding hydrogens is 458 g/mol. The Balaban J connectivity index is 2.44. The highest BCUT2D eigenvalue weighted by atomic mass is 79.9. The van der Waals surface area contributed by atoms with Crippen LogP contribution in [-0.2, 0) is 6.42 Å². The number of rotatable bonds is 11.